The highest BCUT2D eigenvalue weighted by Crippen LogP contribution is 2.31. The van der Waals surface area contributed by atoms with Crippen LogP contribution in [0.2, 0.25) is 0 Å². The number of esters is 2. The Bertz CT molecular complexity index is 1060. The number of rotatable bonds is 9. The molecule has 1 aromatic heterocycles. The van der Waals surface area contributed by atoms with Gasteiger partial charge in [0.2, 0.25) is 5.75 Å². The van der Waals surface area contributed by atoms with E-state index in [1.54, 1.807) is 6.92 Å². The van der Waals surface area contributed by atoms with Crippen LogP contribution in [0.5, 0.6) is 11.5 Å². The molecule has 0 fully saturated rings. The van der Waals surface area contributed by atoms with Gasteiger partial charge in [0.05, 0.1) is 7.11 Å². The number of hydrogen-bond donors (Lipinski definition) is 1. The van der Waals surface area contributed by atoms with Crippen molar-refractivity contribution in [2.75, 3.05) is 7.11 Å². The minimum Gasteiger partial charge on any atom is -0.493 e. The van der Waals surface area contributed by atoms with E-state index in [4.69, 9.17) is 14.2 Å². The zero-order valence-corrected chi connectivity index (χ0v) is 19.8. The van der Waals surface area contributed by atoms with E-state index in [1.165, 1.54) is 32.4 Å². The van der Waals surface area contributed by atoms with Gasteiger partial charge >= 0.3 is 11.9 Å². The monoisotopic (exact) mass is 478 g/mol. The van der Waals surface area contributed by atoms with Gasteiger partial charge in [-0.3, -0.25) is 9.59 Å². The molecule has 0 aliphatic carbocycles. The van der Waals surface area contributed by atoms with Gasteiger partial charge in [-0.2, -0.15) is 0 Å². The van der Waals surface area contributed by atoms with Crippen LogP contribution in [0.4, 0.5) is 8.78 Å². The summed E-state index contributed by atoms with van der Waals surface area (Å²) >= 11 is 0. The molecule has 0 saturated heterocycles. The first-order valence-electron chi connectivity index (χ1n) is 10.6. The van der Waals surface area contributed by atoms with Crippen molar-refractivity contribution in [2.24, 2.45) is 5.92 Å². The SMILES string of the molecule is COc1ccnc(C(=O)N[C@@H](C)C(=O)O[C@@H](C)[C@H](c2ccc(F)c(F)c2)C(C)C)c1OC(C)=O. The van der Waals surface area contributed by atoms with Crippen molar-refractivity contribution in [1.29, 1.82) is 0 Å². The average Bonchev–Trinajstić information content (AvgIpc) is 2.75. The van der Waals surface area contributed by atoms with Gasteiger partial charge in [-0.25, -0.2) is 18.6 Å². The molecule has 3 atom stereocenters. The number of aromatic nitrogens is 1. The molecule has 0 spiro atoms. The van der Waals surface area contributed by atoms with Crippen LogP contribution < -0.4 is 14.8 Å². The second-order valence-electron chi connectivity index (χ2n) is 8.07. The van der Waals surface area contributed by atoms with Gasteiger partial charge in [-0.15, -0.1) is 0 Å². The Morgan fingerprint density at radius 3 is 2.26 bits per heavy atom. The highest BCUT2D eigenvalue weighted by molar-refractivity contribution is 5.98. The smallest absolute Gasteiger partial charge is 0.328 e. The lowest BCUT2D eigenvalue weighted by molar-refractivity contribution is -0.151. The topological polar surface area (TPSA) is 104 Å². The fraction of sp³-hybridized carbons (Fsp3) is 0.417. The molecular weight excluding hydrogens is 450 g/mol. The third kappa shape index (κ3) is 6.49. The van der Waals surface area contributed by atoms with E-state index in [0.29, 0.717) is 5.56 Å². The maximum absolute atomic E-state index is 13.8. The molecule has 0 radical (unpaired) electrons. The summed E-state index contributed by atoms with van der Waals surface area (Å²) in [6, 6.07) is 3.88. The van der Waals surface area contributed by atoms with E-state index in [1.807, 2.05) is 13.8 Å². The van der Waals surface area contributed by atoms with Crippen molar-refractivity contribution < 1.29 is 37.4 Å². The van der Waals surface area contributed by atoms with E-state index in [9.17, 15) is 23.2 Å². The highest BCUT2D eigenvalue weighted by Gasteiger charge is 2.30. The number of nitrogens with zero attached hydrogens (tertiary/aromatic N) is 1. The standard InChI is InChI=1S/C24H28F2N2O6/c1-12(2)20(16-7-8-17(25)18(26)11-16)14(4)33-24(31)13(3)28-23(30)21-22(34-15(5)29)19(32-6)9-10-27-21/h7-14,20H,1-6H3,(H,28,30)/t13-,14-,20+/m0/s1. The molecule has 10 heteroatoms. The number of pyridine rings is 1. The lowest BCUT2D eigenvalue weighted by atomic mass is 9.84. The minimum atomic E-state index is -1.09. The molecule has 0 bridgehead atoms. The summed E-state index contributed by atoms with van der Waals surface area (Å²) in [6.07, 6.45) is 0.587. The highest BCUT2D eigenvalue weighted by atomic mass is 19.2. The van der Waals surface area contributed by atoms with Crippen molar-refractivity contribution in [1.82, 2.24) is 10.3 Å². The van der Waals surface area contributed by atoms with Crippen LogP contribution in [0.1, 0.15) is 56.6 Å². The normalized spacial score (nSPS) is 13.6. The number of carbonyl (C=O) groups excluding carboxylic acids is 3. The molecule has 1 N–H and O–H groups in total. The van der Waals surface area contributed by atoms with Crippen molar-refractivity contribution in [3.05, 3.63) is 53.4 Å². The van der Waals surface area contributed by atoms with Gasteiger partial charge in [0.15, 0.2) is 23.1 Å². The molecule has 2 aromatic rings. The minimum absolute atomic E-state index is 0.0650. The summed E-state index contributed by atoms with van der Waals surface area (Å²) in [5.41, 5.74) is 0.238. The van der Waals surface area contributed by atoms with Gasteiger partial charge in [0.1, 0.15) is 12.1 Å². The number of nitrogens with one attached hydrogen (secondary N) is 1. The Morgan fingerprint density at radius 2 is 1.71 bits per heavy atom. The number of hydrogen-bond acceptors (Lipinski definition) is 7. The van der Waals surface area contributed by atoms with Crippen molar-refractivity contribution in [3.63, 3.8) is 0 Å². The van der Waals surface area contributed by atoms with Crippen LogP contribution in [0.15, 0.2) is 30.5 Å². The Hall–Kier alpha value is -3.56. The lowest BCUT2D eigenvalue weighted by Crippen LogP contribution is -2.42. The molecule has 1 amide bonds. The molecule has 184 valence electrons. The Balaban J connectivity index is 2.15. The van der Waals surface area contributed by atoms with Crippen LogP contribution in [-0.2, 0) is 14.3 Å². The summed E-state index contributed by atoms with van der Waals surface area (Å²) in [5.74, 6) is -4.71. The lowest BCUT2D eigenvalue weighted by Gasteiger charge is -2.29. The molecule has 0 saturated carbocycles. The van der Waals surface area contributed by atoms with E-state index in [-0.39, 0.29) is 23.1 Å². The third-order valence-electron chi connectivity index (χ3n) is 5.10. The molecule has 2 rings (SSSR count). The molecule has 0 aliphatic heterocycles. The maximum Gasteiger partial charge on any atom is 0.328 e. The second kappa shape index (κ2) is 11.5. The van der Waals surface area contributed by atoms with Gasteiger partial charge in [0, 0.05) is 25.1 Å². The summed E-state index contributed by atoms with van der Waals surface area (Å²) in [6.45, 7) is 7.95. The molecule has 8 nitrogen and oxygen atoms in total. The largest absolute Gasteiger partial charge is 0.493 e. The van der Waals surface area contributed by atoms with Crippen molar-refractivity contribution in [3.8, 4) is 11.5 Å². The zero-order chi connectivity index (χ0) is 25.6. The van der Waals surface area contributed by atoms with Crippen molar-refractivity contribution >= 4 is 17.8 Å². The molecule has 0 unspecified atom stereocenters. The first-order valence-corrected chi connectivity index (χ1v) is 10.6. The van der Waals surface area contributed by atoms with Crippen LogP contribution in [0, 0.1) is 17.6 Å². The summed E-state index contributed by atoms with van der Waals surface area (Å²) in [4.78, 5) is 40.8. The molecule has 0 aliphatic rings. The van der Waals surface area contributed by atoms with Gasteiger partial charge in [-0.05, 0) is 37.5 Å². The Kier molecular flexibility index (Phi) is 9.05. The van der Waals surface area contributed by atoms with Crippen molar-refractivity contribution in [2.45, 2.75) is 52.7 Å². The zero-order valence-electron chi connectivity index (χ0n) is 19.8. The quantitative estimate of drug-likeness (QED) is 0.547. The van der Waals surface area contributed by atoms with E-state index < -0.39 is 47.5 Å². The second-order valence-corrected chi connectivity index (χ2v) is 8.07. The van der Waals surface area contributed by atoms with Crippen LogP contribution in [0.3, 0.4) is 0 Å². The van der Waals surface area contributed by atoms with Crippen LogP contribution in [0.25, 0.3) is 0 Å². The number of ether oxygens (including phenoxy) is 3. The molecule has 1 heterocycles. The van der Waals surface area contributed by atoms with Crippen LogP contribution >= 0.6 is 0 Å². The predicted molar refractivity (Wildman–Crippen MR) is 119 cm³/mol. The van der Waals surface area contributed by atoms with Gasteiger partial charge in [0.25, 0.3) is 5.91 Å². The maximum atomic E-state index is 13.8. The first kappa shape index (κ1) is 26.7. The number of carbonyl (C=O) groups is 3. The van der Waals surface area contributed by atoms with E-state index in [2.05, 4.69) is 10.3 Å². The van der Waals surface area contributed by atoms with Gasteiger partial charge in [-0.1, -0.05) is 19.9 Å². The van der Waals surface area contributed by atoms with Gasteiger partial charge < -0.3 is 19.5 Å². The number of methoxy groups -OCH3 is 1. The molecule has 34 heavy (non-hydrogen) atoms. The predicted octanol–water partition coefficient (Wildman–Crippen LogP) is 3.78. The summed E-state index contributed by atoms with van der Waals surface area (Å²) < 4.78 is 42.8. The van der Waals surface area contributed by atoms with E-state index >= 15 is 0 Å². The third-order valence-corrected chi connectivity index (χ3v) is 5.10. The average molecular weight is 478 g/mol. The number of amides is 1. The Labute approximate surface area is 196 Å². The number of benzene rings is 1. The van der Waals surface area contributed by atoms with E-state index in [0.717, 1.165) is 19.1 Å². The first-order chi connectivity index (χ1) is 16.0. The summed E-state index contributed by atoms with van der Waals surface area (Å²) in [5, 5.41) is 2.46. The fourth-order valence-electron chi connectivity index (χ4n) is 3.60. The molecule has 1 aromatic carbocycles. The van der Waals surface area contributed by atoms with Crippen LogP contribution in [-0.4, -0.2) is 42.1 Å². The summed E-state index contributed by atoms with van der Waals surface area (Å²) in [7, 11) is 1.34. The Morgan fingerprint density at radius 1 is 1.03 bits per heavy atom. The molecular formula is C24H28F2N2O6. The fourth-order valence-corrected chi connectivity index (χ4v) is 3.60. The number of halogens is 2.